The molecule has 0 aromatic carbocycles. The van der Waals surface area contributed by atoms with E-state index in [9.17, 15) is 0 Å². The van der Waals surface area contributed by atoms with Crippen molar-refractivity contribution < 1.29 is 5.11 Å². The molecule has 2 N–H and O–H groups in total. The molecule has 3 heteroatoms. The van der Waals surface area contributed by atoms with Gasteiger partial charge in [-0.1, -0.05) is 27.7 Å². The van der Waals surface area contributed by atoms with Crippen LogP contribution in [0.1, 0.15) is 34.1 Å². The first-order valence-corrected chi connectivity index (χ1v) is 6.20. The predicted molar refractivity (Wildman–Crippen MR) is 66.1 cm³/mol. The van der Waals surface area contributed by atoms with Gasteiger partial charge in [-0.3, -0.25) is 0 Å². The summed E-state index contributed by atoms with van der Waals surface area (Å²) in [6.07, 6.45) is 1.03. The van der Waals surface area contributed by atoms with Gasteiger partial charge in [0.15, 0.2) is 0 Å². The highest BCUT2D eigenvalue weighted by Crippen LogP contribution is 2.01. The van der Waals surface area contributed by atoms with Crippen LogP contribution >= 0.6 is 0 Å². The third-order valence-electron chi connectivity index (χ3n) is 2.58. The lowest BCUT2D eigenvalue weighted by molar-refractivity contribution is 0.201. The average molecular weight is 216 g/mol. The van der Waals surface area contributed by atoms with Crippen LogP contribution in [0.15, 0.2) is 0 Å². The van der Waals surface area contributed by atoms with E-state index in [1.165, 1.54) is 0 Å². The molecule has 0 aromatic rings. The molecule has 0 rings (SSSR count). The second kappa shape index (κ2) is 9.13. The Morgan fingerprint density at radius 3 is 2.33 bits per heavy atom. The smallest absolute Gasteiger partial charge is 0.0585 e. The van der Waals surface area contributed by atoms with E-state index in [2.05, 4.69) is 37.9 Å². The molecular formula is C12H28N2O. The van der Waals surface area contributed by atoms with E-state index in [0.29, 0.717) is 0 Å². The van der Waals surface area contributed by atoms with E-state index in [4.69, 9.17) is 5.11 Å². The summed E-state index contributed by atoms with van der Waals surface area (Å²) in [6.45, 7) is 13.3. The highest BCUT2D eigenvalue weighted by atomic mass is 16.3. The molecule has 1 atom stereocenters. The van der Waals surface area contributed by atoms with Gasteiger partial charge < -0.3 is 15.3 Å². The lowest BCUT2D eigenvalue weighted by Gasteiger charge is -2.25. The first kappa shape index (κ1) is 14.9. The Morgan fingerprint density at radius 2 is 1.93 bits per heavy atom. The van der Waals surface area contributed by atoms with E-state index in [-0.39, 0.29) is 12.6 Å². The standard InChI is InChI=1S/C12H28N2O/c1-5-13-12(10-15)7-8-14(6-2)9-11(3)4/h11-13,15H,5-10H2,1-4H3. The number of nitrogens with one attached hydrogen (secondary N) is 1. The van der Waals surface area contributed by atoms with Crippen LogP contribution in [0.25, 0.3) is 0 Å². The van der Waals surface area contributed by atoms with E-state index in [1.54, 1.807) is 0 Å². The summed E-state index contributed by atoms with van der Waals surface area (Å²) in [6, 6.07) is 0.260. The molecule has 0 saturated carbocycles. The largest absolute Gasteiger partial charge is 0.395 e. The fourth-order valence-corrected chi connectivity index (χ4v) is 1.78. The second-order valence-electron chi connectivity index (χ2n) is 4.51. The van der Waals surface area contributed by atoms with Gasteiger partial charge in [0.2, 0.25) is 0 Å². The van der Waals surface area contributed by atoms with Crippen molar-refractivity contribution in [1.29, 1.82) is 0 Å². The first-order valence-electron chi connectivity index (χ1n) is 6.20. The number of hydrogen-bond donors (Lipinski definition) is 2. The molecule has 0 radical (unpaired) electrons. The van der Waals surface area contributed by atoms with E-state index < -0.39 is 0 Å². The third kappa shape index (κ3) is 7.77. The number of aliphatic hydroxyl groups excluding tert-OH is 1. The summed E-state index contributed by atoms with van der Waals surface area (Å²) in [5, 5.41) is 12.4. The maximum atomic E-state index is 9.14. The van der Waals surface area contributed by atoms with Crippen molar-refractivity contribution in [2.45, 2.75) is 40.2 Å². The van der Waals surface area contributed by atoms with Crippen molar-refractivity contribution in [1.82, 2.24) is 10.2 Å². The van der Waals surface area contributed by atoms with Crippen LogP contribution in [0, 0.1) is 5.92 Å². The Kier molecular flexibility index (Phi) is 9.06. The van der Waals surface area contributed by atoms with Crippen LogP contribution in [-0.2, 0) is 0 Å². The molecule has 1 unspecified atom stereocenters. The van der Waals surface area contributed by atoms with Gasteiger partial charge in [-0.15, -0.1) is 0 Å². The highest BCUT2D eigenvalue weighted by Gasteiger charge is 2.09. The molecule has 0 heterocycles. The van der Waals surface area contributed by atoms with Crippen LogP contribution < -0.4 is 5.32 Å². The van der Waals surface area contributed by atoms with Crippen LogP contribution in [0.3, 0.4) is 0 Å². The van der Waals surface area contributed by atoms with Crippen molar-refractivity contribution in [2.24, 2.45) is 5.92 Å². The molecule has 0 aromatic heterocycles. The van der Waals surface area contributed by atoms with Crippen molar-refractivity contribution in [3.05, 3.63) is 0 Å². The van der Waals surface area contributed by atoms with Crippen LogP contribution in [0.5, 0.6) is 0 Å². The number of rotatable bonds is 9. The minimum Gasteiger partial charge on any atom is -0.395 e. The number of likely N-dealkylation sites (N-methyl/N-ethyl adjacent to an activating group) is 1. The quantitative estimate of drug-likeness (QED) is 0.610. The monoisotopic (exact) mass is 216 g/mol. The fourth-order valence-electron chi connectivity index (χ4n) is 1.78. The van der Waals surface area contributed by atoms with Gasteiger partial charge in [0.1, 0.15) is 0 Å². The van der Waals surface area contributed by atoms with Crippen LogP contribution in [0.4, 0.5) is 0 Å². The summed E-state index contributed by atoms with van der Waals surface area (Å²) in [5.74, 6) is 0.719. The predicted octanol–water partition coefficient (Wildman–Crippen LogP) is 1.32. The SMILES string of the molecule is CCNC(CO)CCN(CC)CC(C)C. The van der Waals surface area contributed by atoms with E-state index >= 15 is 0 Å². The Bertz CT molecular complexity index is 140. The van der Waals surface area contributed by atoms with E-state index in [1.807, 2.05) is 0 Å². The minimum atomic E-state index is 0.243. The van der Waals surface area contributed by atoms with Crippen molar-refractivity contribution >= 4 is 0 Å². The van der Waals surface area contributed by atoms with Gasteiger partial charge in [-0.05, 0) is 32.0 Å². The van der Waals surface area contributed by atoms with E-state index in [0.717, 1.165) is 38.5 Å². The summed E-state index contributed by atoms with van der Waals surface area (Å²) in [5.41, 5.74) is 0. The second-order valence-corrected chi connectivity index (χ2v) is 4.51. The molecule has 0 amide bonds. The van der Waals surface area contributed by atoms with Gasteiger partial charge in [-0.2, -0.15) is 0 Å². The van der Waals surface area contributed by atoms with Crippen LogP contribution in [-0.4, -0.2) is 48.8 Å². The fraction of sp³-hybridized carbons (Fsp3) is 1.00. The molecule has 0 bridgehead atoms. The van der Waals surface area contributed by atoms with Gasteiger partial charge >= 0.3 is 0 Å². The first-order chi connectivity index (χ1) is 7.13. The third-order valence-corrected chi connectivity index (χ3v) is 2.58. The molecule has 3 nitrogen and oxygen atoms in total. The lowest BCUT2D eigenvalue weighted by atomic mass is 10.1. The summed E-state index contributed by atoms with van der Waals surface area (Å²) in [4.78, 5) is 2.45. The molecule has 15 heavy (non-hydrogen) atoms. The summed E-state index contributed by atoms with van der Waals surface area (Å²) in [7, 11) is 0. The molecule has 0 saturated heterocycles. The number of nitrogens with zero attached hydrogens (tertiary/aromatic N) is 1. The summed E-state index contributed by atoms with van der Waals surface area (Å²) < 4.78 is 0. The Balaban J connectivity index is 3.76. The topological polar surface area (TPSA) is 35.5 Å². The van der Waals surface area contributed by atoms with Gasteiger partial charge in [-0.25, -0.2) is 0 Å². The zero-order chi connectivity index (χ0) is 11.7. The number of hydrogen-bond acceptors (Lipinski definition) is 3. The zero-order valence-corrected chi connectivity index (χ0v) is 10.8. The minimum absolute atomic E-state index is 0.243. The zero-order valence-electron chi connectivity index (χ0n) is 10.8. The maximum absolute atomic E-state index is 9.14. The number of aliphatic hydroxyl groups is 1. The van der Waals surface area contributed by atoms with Gasteiger partial charge in [0.05, 0.1) is 6.61 Å². The normalized spacial score (nSPS) is 13.8. The highest BCUT2D eigenvalue weighted by molar-refractivity contribution is 4.68. The molecule has 0 fully saturated rings. The van der Waals surface area contributed by atoms with Crippen LogP contribution in [0.2, 0.25) is 0 Å². The summed E-state index contributed by atoms with van der Waals surface area (Å²) >= 11 is 0. The molecule has 0 aliphatic heterocycles. The Morgan fingerprint density at radius 1 is 1.27 bits per heavy atom. The lowest BCUT2D eigenvalue weighted by Crippen LogP contribution is -2.37. The Hall–Kier alpha value is -0.120. The van der Waals surface area contributed by atoms with Crippen molar-refractivity contribution in [3.8, 4) is 0 Å². The van der Waals surface area contributed by atoms with Gasteiger partial charge in [0, 0.05) is 12.6 Å². The molecule has 0 spiro atoms. The molecule has 0 aliphatic carbocycles. The maximum Gasteiger partial charge on any atom is 0.0585 e. The molecular weight excluding hydrogens is 188 g/mol. The molecule has 0 aliphatic rings. The van der Waals surface area contributed by atoms with Crippen molar-refractivity contribution in [2.75, 3.05) is 32.8 Å². The molecule has 92 valence electrons. The van der Waals surface area contributed by atoms with Gasteiger partial charge in [0.25, 0.3) is 0 Å². The van der Waals surface area contributed by atoms with Crippen molar-refractivity contribution in [3.63, 3.8) is 0 Å². The average Bonchev–Trinajstić information content (AvgIpc) is 2.21. The Labute approximate surface area is 94.9 Å².